The van der Waals surface area contributed by atoms with Gasteiger partial charge in [0.2, 0.25) is 0 Å². The molecule has 0 aliphatic heterocycles. The Bertz CT molecular complexity index is 344. The van der Waals surface area contributed by atoms with Crippen molar-refractivity contribution in [1.82, 2.24) is 0 Å². The van der Waals surface area contributed by atoms with Gasteiger partial charge >= 0.3 is 0 Å². The number of anilines is 1. The van der Waals surface area contributed by atoms with E-state index in [1.807, 2.05) is 18.0 Å². The number of methoxy groups -OCH3 is 1. The molecule has 0 unspecified atom stereocenters. The smallest absolute Gasteiger partial charge is 0.160 e. The molecule has 0 aromatic heterocycles. The van der Waals surface area contributed by atoms with Crippen LogP contribution in [0.2, 0.25) is 10.0 Å². The number of likely N-dealkylation sites (N-methyl/N-ethyl adjacent to an activating group) is 1. The molecule has 0 bridgehead atoms. The summed E-state index contributed by atoms with van der Waals surface area (Å²) in [5.74, 6) is 0.622. The van der Waals surface area contributed by atoms with Crippen LogP contribution in [0.1, 0.15) is 0 Å². The zero-order valence-corrected chi connectivity index (χ0v) is 10.3. The number of nitrogens with zero attached hydrogens (tertiary/aromatic N) is 1. The highest BCUT2D eigenvalue weighted by molar-refractivity contribution is 6.36. The quantitative estimate of drug-likeness (QED) is 0.890. The van der Waals surface area contributed by atoms with Gasteiger partial charge in [-0.1, -0.05) is 23.2 Å². The lowest BCUT2D eigenvalue weighted by Gasteiger charge is -2.21. The predicted molar refractivity (Wildman–Crippen MR) is 65.3 cm³/mol. The topological polar surface area (TPSA) is 38.5 Å². The average molecular weight is 249 g/mol. The molecular weight excluding hydrogens is 235 g/mol. The number of hydrogen-bond acceptors (Lipinski definition) is 3. The lowest BCUT2D eigenvalue weighted by molar-refractivity contribution is 0.415. The molecule has 1 aromatic rings. The van der Waals surface area contributed by atoms with Crippen molar-refractivity contribution in [3.63, 3.8) is 0 Å². The number of hydrogen-bond donors (Lipinski definition) is 1. The molecule has 2 N–H and O–H groups in total. The van der Waals surface area contributed by atoms with Crippen LogP contribution >= 0.6 is 23.2 Å². The molecule has 15 heavy (non-hydrogen) atoms. The minimum absolute atomic E-state index is 0.504. The largest absolute Gasteiger partial charge is 0.493 e. The first-order valence-electron chi connectivity index (χ1n) is 4.54. The van der Waals surface area contributed by atoms with Gasteiger partial charge in [-0.25, -0.2) is 0 Å². The van der Waals surface area contributed by atoms with Gasteiger partial charge in [-0.2, -0.15) is 0 Å². The van der Waals surface area contributed by atoms with E-state index < -0.39 is 0 Å². The second-order valence-electron chi connectivity index (χ2n) is 3.15. The van der Waals surface area contributed by atoms with Crippen molar-refractivity contribution < 1.29 is 4.74 Å². The molecule has 0 amide bonds. The molecule has 0 heterocycles. The van der Waals surface area contributed by atoms with E-state index >= 15 is 0 Å². The van der Waals surface area contributed by atoms with Crippen LogP contribution in [0, 0.1) is 0 Å². The first-order valence-corrected chi connectivity index (χ1v) is 5.30. The number of ether oxygens (including phenoxy) is 1. The lowest BCUT2D eigenvalue weighted by atomic mass is 10.2. The van der Waals surface area contributed by atoms with Crippen LogP contribution in [0.25, 0.3) is 0 Å². The summed E-state index contributed by atoms with van der Waals surface area (Å²) >= 11 is 11.9. The van der Waals surface area contributed by atoms with Crippen molar-refractivity contribution >= 4 is 28.9 Å². The Balaban J connectivity index is 3.13. The molecule has 0 saturated carbocycles. The summed E-state index contributed by atoms with van der Waals surface area (Å²) in [5, 5.41) is 1.09. The second kappa shape index (κ2) is 5.45. The van der Waals surface area contributed by atoms with Crippen LogP contribution in [-0.2, 0) is 0 Å². The Hall–Kier alpha value is -0.640. The van der Waals surface area contributed by atoms with Gasteiger partial charge in [0.1, 0.15) is 0 Å². The van der Waals surface area contributed by atoms with Crippen molar-refractivity contribution in [2.24, 2.45) is 5.73 Å². The molecule has 3 nitrogen and oxygen atoms in total. The van der Waals surface area contributed by atoms with E-state index in [1.165, 1.54) is 0 Å². The number of halogens is 2. The highest BCUT2D eigenvalue weighted by Gasteiger charge is 2.12. The summed E-state index contributed by atoms with van der Waals surface area (Å²) in [4.78, 5) is 1.95. The fourth-order valence-corrected chi connectivity index (χ4v) is 1.91. The summed E-state index contributed by atoms with van der Waals surface area (Å²) < 4.78 is 5.23. The first kappa shape index (κ1) is 12.4. The van der Waals surface area contributed by atoms with Crippen LogP contribution in [0.4, 0.5) is 5.69 Å². The molecule has 0 fully saturated rings. The summed E-state index contributed by atoms with van der Waals surface area (Å²) in [7, 11) is 3.49. The first-order chi connectivity index (χ1) is 7.10. The molecule has 0 spiro atoms. The van der Waals surface area contributed by atoms with Crippen LogP contribution < -0.4 is 15.4 Å². The molecule has 1 rings (SSSR count). The van der Waals surface area contributed by atoms with Crippen molar-refractivity contribution in [2.45, 2.75) is 0 Å². The van der Waals surface area contributed by atoms with Crippen molar-refractivity contribution in [1.29, 1.82) is 0 Å². The summed E-state index contributed by atoms with van der Waals surface area (Å²) in [6.07, 6.45) is 0. The Morgan fingerprint density at radius 1 is 1.40 bits per heavy atom. The van der Waals surface area contributed by atoms with Crippen LogP contribution in [0.15, 0.2) is 12.1 Å². The molecule has 0 radical (unpaired) electrons. The van der Waals surface area contributed by atoms with E-state index in [0.717, 1.165) is 5.69 Å². The maximum atomic E-state index is 6.01. The second-order valence-corrected chi connectivity index (χ2v) is 3.99. The van der Waals surface area contributed by atoms with E-state index in [2.05, 4.69) is 0 Å². The van der Waals surface area contributed by atoms with Crippen molar-refractivity contribution in [3.8, 4) is 5.75 Å². The standard InChI is InChI=1S/C10H14Cl2N2O/c1-14(4-3-13)9-6-7(11)5-8(12)10(9)15-2/h5-6H,3-4,13H2,1-2H3. The van der Waals surface area contributed by atoms with E-state index in [-0.39, 0.29) is 0 Å². The zero-order chi connectivity index (χ0) is 11.4. The fraction of sp³-hybridized carbons (Fsp3) is 0.400. The van der Waals surface area contributed by atoms with Gasteiger partial charge in [0.15, 0.2) is 5.75 Å². The van der Waals surface area contributed by atoms with Gasteiger partial charge in [0.05, 0.1) is 17.8 Å². The molecular formula is C10H14Cl2N2O. The summed E-state index contributed by atoms with van der Waals surface area (Å²) in [5.41, 5.74) is 6.33. The Morgan fingerprint density at radius 2 is 2.07 bits per heavy atom. The normalized spacial score (nSPS) is 10.2. The minimum atomic E-state index is 0.504. The lowest BCUT2D eigenvalue weighted by Crippen LogP contribution is -2.25. The number of benzene rings is 1. The molecule has 0 atom stereocenters. The van der Waals surface area contributed by atoms with Gasteiger partial charge in [-0.3, -0.25) is 0 Å². The Labute approximate surface area is 99.7 Å². The fourth-order valence-electron chi connectivity index (χ4n) is 1.35. The zero-order valence-electron chi connectivity index (χ0n) is 8.76. The molecule has 84 valence electrons. The molecule has 5 heteroatoms. The maximum Gasteiger partial charge on any atom is 0.160 e. The monoisotopic (exact) mass is 248 g/mol. The van der Waals surface area contributed by atoms with E-state index in [0.29, 0.717) is 28.9 Å². The molecule has 0 aliphatic carbocycles. The maximum absolute atomic E-state index is 6.01. The van der Waals surface area contributed by atoms with Crippen LogP contribution in [0.5, 0.6) is 5.75 Å². The van der Waals surface area contributed by atoms with E-state index in [4.69, 9.17) is 33.7 Å². The molecule has 0 saturated heterocycles. The predicted octanol–water partition coefficient (Wildman–Crippen LogP) is 2.40. The Morgan fingerprint density at radius 3 is 2.60 bits per heavy atom. The highest BCUT2D eigenvalue weighted by atomic mass is 35.5. The van der Waals surface area contributed by atoms with Gasteiger partial charge < -0.3 is 15.4 Å². The van der Waals surface area contributed by atoms with E-state index in [1.54, 1.807) is 13.2 Å². The summed E-state index contributed by atoms with van der Waals surface area (Å²) in [6, 6.07) is 3.46. The van der Waals surface area contributed by atoms with Crippen molar-refractivity contribution in [3.05, 3.63) is 22.2 Å². The molecule has 1 aromatic carbocycles. The van der Waals surface area contributed by atoms with Gasteiger partial charge in [-0.05, 0) is 12.1 Å². The van der Waals surface area contributed by atoms with Crippen LogP contribution in [0.3, 0.4) is 0 Å². The number of rotatable bonds is 4. The summed E-state index contributed by atoms with van der Waals surface area (Å²) in [6.45, 7) is 1.27. The van der Waals surface area contributed by atoms with E-state index in [9.17, 15) is 0 Å². The van der Waals surface area contributed by atoms with Crippen molar-refractivity contribution in [2.75, 3.05) is 32.1 Å². The minimum Gasteiger partial charge on any atom is -0.493 e. The SMILES string of the molecule is COc1c(Cl)cc(Cl)cc1N(C)CCN. The Kier molecular flexibility index (Phi) is 4.51. The van der Waals surface area contributed by atoms with Crippen LogP contribution in [-0.4, -0.2) is 27.2 Å². The average Bonchev–Trinajstić information content (AvgIpc) is 2.17. The van der Waals surface area contributed by atoms with Gasteiger partial charge in [0.25, 0.3) is 0 Å². The van der Waals surface area contributed by atoms with Gasteiger partial charge in [0, 0.05) is 25.2 Å². The molecule has 0 aliphatic rings. The third-order valence-corrected chi connectivity index (χ3v) is 2.57. The third-order valence-electron chi connectivity index (χ3n) is 2.07. The third kappa shape index (κ3) is 2.91. The van der Waals surface area contributed by atoms with Gasteiger partial charge in [-0.15, -0.1) is 0 Å². The number of nitrogens with two attached hydrogens (primary N) is 1. The highest BCUT2D eigenvalue weighted by Crippen LogP contribution is 2.37.